The maximum Gasteiger partial charge on any atom is 0.257 e. The summed E-state index contributed by atoms with van der Waals surface area (Å²) in [5, 5.41) is 0. The Labute approximate surface area is 187 Å². The van der Waals surface area contributed by atoms with Crippen LogP contribution in [0.4, 0.5) is 5.69 Å². The van der Waals surface area contributed by atoms with E-state index in [2.05, 4.69) is 17.0 Å². The molecule has 1 atom stereocenters. The number of ether oxygens (including phenoxy) is 3. The lowest BCUT2D eigenvalue weighted by Crippen LogP contribution is -2.50. The third-order valence-electron chi connectivity index (χ3n) is 5.79. The number of anilines is 1. The van der Waals surface area contributed by atoms with E-state index < -0.39 is 6.10 Å². The van der Waals surface area contributed by atoms with Crippen molar-refractivity contribution in [1.29, 1.82) is 0 Å². The van der Waals surface area contributed by atoms with E-state index in [1.165, 1.54) is 5.56 Å². The minimum atomic E-state index is -0.512. The van der Waals surface area contributed by atoms with Crippen molar-refractivity contribution in [3.8, 4) is 11.5 Å². The zero-order chi connectivity index (χ0) is 21.8. The van der Waals surface area contributed by atoms with Crippen molar-refractivity contribution in [1.82, 2.24) is 4.90 Å². The minimum absolute atomic E-state index is 0.0355. The van der Waals surface area contributed by atoms with Crippen LogP contribution in [0.3, 0.4) is 0 Å². The van der Waals surface area contributed by atoms with Gasteiger partial charge in [-0.15, -0.1) is 0 Å². The molecule has 1 fully saturated rings. The van der Waals surface area contributed by atoms with Crippen LogP contribution in [0.5, 0.6) is 11.5 Å². The van der Waals surface area contributed by atoms with E-state index >= 15 is 0 Å². The first-order chi connectivity index (χ1) is 15.8. The number of hydrogen-bond acceptors (Lipinski definition) is 5. The van der Waals surface area contributed by atoms with Gasteiger partial charge in [0.15, 0.2) is 11.5 Å². The van der Waals surface area contributed by atoms with Gasteiger partial charge in [-0.1, -0.05) is 54.6 Å². The zero-order valence-electron chi connectivity index (χ0n) is 17.9. The number of amides is 1. The lowest BCUT2D eigenvalue weighted by Gasteiger charge is -2.35. The zero-order valence-corrected chi connectivity index (χ0v) is 17.9. The highest BCUT2D eigenvalue weighted by Crippen LogP contribution is 2.33. The van der Waals surface area contributed by atoms with Crippen LogP contribution >= 0.6 is 0 Å². The predicted octanol–water partition coefficient (Wildman–Crippen LogP) is 3.85. The van der Waals surface area contributed by atoms with E-state index in [1.807, 2.05) is 66.7 Å². The fourth-order valence-corrected chi connectivity index (χ4v) is 4.14. The number of rotatable bonds is 6. The Hall–Kier alpha value is -3.35. The Balaban J connectivity index is 1.34. The maximum absolute atomic E-state index is 13.7. The summed E-state index contributed by atoms with van der Waals surface area (Å²) in [5.74, 6) is 1.41. The van der Waals surface area contributed by atoms with E-state index in [9.17, 15) is 4.79 Å². The molecule has 0 aromatic heterocycles. The second kappa shape index (κ2) is 9.42. The number of carbonyl (C=O) groups is 1. The molecule has 6 heteroatoms. The number of para-hydroxylation sites is 1. The van der Waals surface area contributed by atoms with Gasteiger partial charge in [0.1, 0.15) is 6.10 Å². The highest BCUT2D eigenvalue weighted by Gasteiger charge is 2.31. The van der Waals surface area contributed by atoms with Gasteiger partial charge < -0.3 is 19.1 Å². The summed E-state index contributed by atoms with van der Waals surface area (Å²) >= 11 is 0. The molecule has 6 nitrogen and oxygen atoms in total. The standard InChI is InChI=1S/C26H26N2O4/c29-26(25-18-27(13-14-30-25)16-20-7-3-1-4-8-20)28(22-9-5-2-6-10-22)17-21-11-12-23-24(15-21)32-19-31-23/h1-12,15,25H,13-14,16-19H2. The van der Waals surface area contributed by atoms with Crippen molar-refractivity contribution >= 4 is 11.6 Å². The largest absolute Gasteiger partial charge is 0.454 e. The molecule has 0 bridgehead atoms. The van der Waals surface area contributed by atoms with Crippen LogP contribution in [0.2, 0.25) is 0 Å². The van der Waals surface area contributed by atoms with Gasteiger partial charge in [-0.25, -0.2) is 0 Å². The van der Waals surface area contributed by atoms with Crippen LogP contribution in [-0.4, -0.2) is 43.4 Å². The van der Waals surface area contributed by atoms with Crippen molar-refractivity contribution in [2.75, 3.05) is 31.4 Å². The minimum Gasteiger partial charge on any atom is -0.454 e. The Morgan fingerprint density at radius 1 is 0.906 bits per heavy atom. The van der Waals surface area contributed by atoms with E-state index in [0.29, 0.717) is 25.4 Å². The first-order valence-electron chi connectivity index (χ1n) is 10.9. The van der Waals surface area contributed by atoms with Gasteiger partial charge in [-0.05, 0) is 35.4 Å². The Kier molecular flexibility index (Phi) is 6.05. The molecular formula is C26H26N2O4. The third-order valence-corrected chi connectivity index (χ3v) is 5.79. The lowest BCUT2D eigenvalue weighted by molar-refractivity contribution is -0.136. The van der Waals surface area contributed by atoms with Crippen LogP contribution in [0, 0.1) is 0 Å². The highest BCUT2D eigenvalue weighted by atomic mass is 16.7. The van der Waals surface area contributed by atoms with Crippen molar-refractivity contribution in [3.63, 3.8) is 0 Å². The van der Waals surface area contributed by atoms with E-state index in [1.54, 1.807) is 4.90 Å². The molecule has 32 heavy (non-hydrogen) atoms. The molecule has 0 spiro atoms. The number of morpholine rings is 1. The molecule has 2 aliphatic rings. The normalized spacial score (nSPS) is 17.8. The molecule has 0 radical (unpaired) electrons. The van der Waals surface area contributed by atoms with Crippen LogP contribution in [-0.2, 0) is 22.6 Å². The van der Waals surface area contributed by atoms with Gasteiger partial charge >= 0.3 is 0 Å². The van der Waals surface area contributed by atoms with Gasteiger partial charge in [0.2, 0.25) is 6.79 Å². The summed E-state index contributed by atoms with van der Waals surface area (Å²) in [6, 6.07) is 25.9. The molecule has 2 aliphatic heterocycles. The van der Waals surface area contributed by atoms with Gasteiger partial charge in [0.25, 0.3) is 5.91 Å². The van der Waals surface area contributed by atoms with Crippen molar-refractivity contribution in [2.45, 2.75) is 19.2 Å². The summed E-state index contributed by atoms with van der Waals surface area (Å²) in [5.41, 5.74) is 3.06. The predicted molar refractivity (Wildman–Crippen MR) is 122 cm³/mol. The summed E-state index contributed by atoms with van der Waals surface area (Å²) in [6.07, 6.45) is -0.512. The van der Waals surface area contributed by atoms with Gasteiger partial charge in [-0.2, -0.15) is 0 Å². The summed E-state index contributed by atoms with van der Waals surface area (Å²) < 4.78 is 16.9. The Bertz CT molecular complexity index is 1060. The summed E-state index contributed by atoms with van der Waals surface area (Å²) in [7, 11) is 0. The van der Waals surface area contributed by atoms with Crippen molar-refractivity contribution < 1.29 is 19.0 Å². The Morgan fingerprint density at radius 3 is 2.47 bits per heavy atom. The molecule has 0 aliphatic carbocycles. The first kappa shape index (κ1) is 20.5. The topological polar surface area (TPSA) is 51.2 Å². The quantitative estimate of drug-likeness (QED) is 0.595. The SMILES string of the molecule is O=C(C1CN(Cc2ccccc2)CCO1)N(Cc1ccc2c(c1)OCO2)c1ccccc1. The third kappa shape index (κ3) is 4.61. The molecule has 0 saturated carbocycles. The number of hydrogen-bond donors (Lipinski definition) is 0. The molecule has 1 unspecified atom stereocenters. The number of fused-ring (bicyclic) bond motifs is 1. The molecule has 1 saturated heterocycles. The molecule has 1 amide bonds. The average Bonchev–Trinajstić information content (AvgIpc) is 3.31. The molecule has 5 rings (SSSR count). The smallest absolute Gasteiger partial charge is 0.257 e. The lowest BCUT2D eigenvalue weighted by atomic mass is 10.1. The van der Waals surface area contributed by atoms with Gasteiger partial charge in [-0.3, -0.25) is 9.69 Å². The highest BCUT2D eigenvalue weighted by molar-refractivity contribution is 5.96. The average molecular weight is 431 g/mol. The van der Waals surface area contributed by atoms with Crippen molar-refractivity contribution in [3.05, 3.63) is 90.0 Å². The van der Waals surface area contributed by atoms with Crippen molar-refractivity contribution in [2.24, 2.45) is 0 Å². The Morgan fingerprint density at radius 2 is 1.66 bits per heavy atom. The summed E-state index contributed by atoms with van der Waals surface area (Å²) in [4.78, 5) is 17.7. The van der Waals surface area contributed by atoms with E-state index in [4.69, 9.17) is 14.2 Å². The fourth-order valence-electron chi connectivity index (χ4n) is 4.14. The number of nitrogens with zero attached hydrogens (tertiary/aromatic N) is 2. The van der Waals surface area contributed by atoms with Crippen LogP contribution in [0.25, 0.3) is 0 Å². The van der Waals surface area contributed by atoms with Gasteiger partial charge in [0, 0.05) is 25.3 Å². The second-order valence-corrected chi connectivity index (χ2v) is 8.03. The van der Waals surface area contributed by atoms with Gasteiger partial charge in [0.05, 0.1) is 13.2 Å². The van der Waals surface area contributed by atoms with Crippen LogP contribution in [0.1, 0.15) is 11.1 Å². The molecule has 164 valence electrons. The monoisotopic (exact) mass is 430 g/mol. The molecule has 3 aromatic carbocycles. The molecular weight excluding hydrogens is 404 g/mol. The molecule has 3 aromatic rings. The number of benzene rings is 3. The van der Waals surface area contributed by atoms with E-state index in [0.717, 1.165) is 30.1 Å². The molecule has 0 N–H and O–H groups in total. The second-order valence-electron chi connectivity index (χ2n) is 8.03. The first-order valence-corrected chi connectivity index (χ1v) is 10.9. The summed E-state index contributed by atoms with van der Waals surface area (Å²) in [6.45, 7) is 3.38. The van der Waals surface area contributed by atoms with Crippen LogP contribution in [0.15, 0.2) is 78.9 Å². The maximum atomic E-state index is 13.7. The molecule has 2 heterocycles. The number of carbonyl (C=O) groups excluding carboxylic acids is 1. The van der Waals surface area contributed by atoms with E-state index in [-0.39, 0.29) is 12.7 Å². The van der Waals surface area contributed by atoms with Crippen LogP contribution < -0.4 is 14.4 Å². The fraction of sp³-hybridized carbons (Fsp3) is 0.269.